The van der Waals surface area contributed by atoms with E-state index in [1.54, 1.807) is 6.92 Å². The largest absolute Gasteiger partial charge is 0.495 e. The van der Waals surface area contributed by atoms with E-state index in [0.29, 0.717) is 3.57 Å². The van der Waals surface area contributed by atoms with Gasteiger partial charge in [0.15, 0.2) is 5.69 Å². The summed E-state index contributed by atoms with van der Waals surface area (Å²) in [6.45, 7) is 1.79. The Kier molecular flexibility index (Phi) is 5.03. The van der Waals surface area contributed by atoms with Gasteiger partial charge in [-0.25, -0.2) is 18.6 Å². The van der Waals surface area contributed by atoms with Crippen LogP contribution in [0.15, 0.2) is 6.07 Å². The molecule has 7 heteroatoms. The van der Waals surface area contributed by atoms with Crippen LogP contribution in [0.2, 0.25) is 0 Å². The lowest BCUT2D eigenvalue weighted by atomic mass is 10.2. The molecule has 0 aliphatic rings. The number of hydrogen-bond acceptors (Lipinski definition) is 4. The van der Waals surface area contributed by atoms with Crippen molar-refractivity contribution in [2.24, 2.45) is 0 Å². The summed E-state index contributed by atoms with van der Waals surface area (Å²) in [5.74, 6) is -0.765. The van der Waals surface area contributed by atoms with Crippen LogP contribution in [0.5, 0.6) is 5.75 Å². The molecule has 0 N–H and O–H groups in total. The molecule has 17 heavy (non-hydrogen) atoms. The highest BCUT2D eigenvalue weighted by atomic mass is 127. The summed E-state index contributed by atoms with van der Waals surface area (Å²) in [4.78, 5) is 15.1. The Balaban J connectivity index is 3.24. The standard InChI is InChI=1S/C10H10F2INO3/c1-3-17-10(15)7-5(13)4-6(16-2)8(14-7)9(11)12/h4,9H,3H2,1-2H3. The Morgan fingerprint density at radius 1 is 1.59 bits per heavy atom. The molecule has 1 heterocycles. The molecule has 0 radical (unpaired) electrons. The molecule has 0 bridgehead atoms. The average Bonchev–Trinajstić information content (AvgIpc) is 2.28. The van der Waals surface area contributed by atoms with Gasteiger partial charge in [-0.1, -0.05) is 0 Å². The molecule has 0 fully saturated rings. The third-order valence-electron chi connectivity index (χ3n) is 1.86. The van der Waals surface area contributed by atoms with Crippen molar-refractivity contribution < 1.29 is 23.0 Å². The molecule has 0 unspecified atom stereocenters. The Morgan fingerprint density at radius 2 is 2.24 bits per heavy atom. The van der Waals surface area contributed by atoms with Gasteiger partial charge in [0.2, 0.25) is 0 Å². The lowest BCUT2D eigenvalue weighted by Crippen LogP contribution is -2.12. The fourth-order valence-corrected chi connectivity index (χ4v) is 1.77. The number of carbonyl (C=O) groups is 1. The van der Waals surface area contributed by atoms with Crippen molar-refractivity contribution in [2.45, 2.75) is 13.3 Å². The molecule has 0 saturated carbocycles. The second-order valence-electron chi connectivity index (χ2n) is 2.93. The van der Waals surface area contributed by atoms with Crippen LogP contribution in [0.25, 0.3) is 0 Å². The summed E-state index contributed by atoms with van der Waals surface area (Å²) in [5.41, 5.74) is -0.681. The number of hydrogen-bond donors (Lipinski definition) is 0. The highest BCUT2D eigenvalue weighted by Gasteiger charge is 2.22. The summed E-state index contributed by atoms with van der Waals surface area (Å²) in [7, 11) is 1.27. The molecule has 0 saturated heterocycles. The maximum Gasteiger partial charge on any atom is 0.358 e. The molecule has 94 valence electrons. The predicted molar refractivity (Wildman–Crippen MR) is 64.4 cm³/mol. The Hall–Kier alpha value is -0.990. The van der Waals surface area contributed by atoms with E-state index in [-0.39, 0.29) is 18.1 Å². The Bertz CT molecular complexity index is 426. The molecule has 0 spiro atoms. The second kappa shape index (κ2) is 6.08. The van der Waals surface area contributed by atoms with Gasteiger partial charge >= 0.3 is 5.97 Å². The van der Waals surface area contributed by atoms with Gasteiger partial charge in [0.05, 0.1) is 13.7 Å². The van der Waals surface area contributed by atoms with Crippen molar-refractivity contribution in [3.63, 3.8) is 0 Å². The van der Waals surface area contributed by atoms with Gasteiger partial charge < -0.3 is 9.47 Å². The number of halogens is 3. The summed E-state index contributed by atoms with van der Waals surface area (Å²) < 4.78 is 35.3. The van der Waals surface area contributed by atoms with Crippen molar-refractivity contribution in [3.8, 4) is 5.75 Å². The van der Waals surface area contributed by atoms with Crippen molar-refractivity contribution in [3.05, 3.63) is 21.0 Å². The van der Waals surface area contributed by atoms with E-state index in [1.807, 2.05) is 22.6 Å². The lowest BCUT2D eigenvalue weighted by Gasteiger charge is -2.10. The molecule has 1 aromatic rings. The van der Waals surface area contributed by atoms with Gasteiger partial charge in [-0.3, -0.25) is 0 Å². The van der Waals surface area contributed by atoms with Crippen LogP contribution in [0.4, 0.5) is 8.78 Å². The molecule has 0 atom stereocenters. The minimum absolute atomic E-state index is 0.0440. The topological polar surface area (TPSA) is 48.4 Å². The molecule has 1 rings (SSSR count). The molecule has 0 aliphatic carbocycles. The molecule has 0 amide bonds. The van der Waals surface area contributed by atoms with E-state index in [4.69, 9.17) is 9.47 Å². The SMILES string of the molecule is CCOC(=O)c1nc(C(F)F)c(OC)cc1I. The van der Waals surface area contributed by atoms with Gasteiger partial charge in [-0.15, -0.1) is 0 Å². The van der Waals surface area contributed by atoms with Gasteiger partial charge in [-0.2, -0.15) is 0 Å². The first-order valence-electron chi connectivity index (χ1n) is 4.71. The summed E-state index contributed by atoms with van der Waals surface area (Å²) in [6, 6.07) is 1.33. The number of aromatic nitrogens is 1. The number of pyridine rings is 1. The first kappa shape index (κ1) is 14.1. The molecule has 4 nitrogen and oxygen atoms in total. The van der Waals surface area contributed by atoms with Crippen LogP contribution in [0.3, 0.4) is 0 Å². The highest BCUT2D eigenvalue weighted by molar-refractivity contribution is 14.1. The van der Waals surface area contributed by atoms with Crippen LogP contribution in [0.1, 0.15) is 29.5 Å². The third kappa shape index (κ3) is 3.24. The second-order valence-corrected chi connectivity index (χ2v) is 4.09. The fraction of sp³-hybridized carbons (Fsp3) is 0.400. The number of ether oxygens (including phenoxy) is 2. The zero-order valence-electron chi connectivity index (χ0n) is 9.17. The van der Waals surface area contributed by atoms with E-state index >= 15 is 0 Å². The van der Waals surface area contributed by atoms with Gasteiger partial charge in [-0.05, 0) is 35.6 Å². The normalized spacial score (nSPS) is 10.5. The monoisotopic (exact) mass is 357 g/mol. The van der Waals surface area contributed by atoms with Crippen LogP contribution in [-0.4, -0.2) is 24.7 Å². The van der Waals surface area contributed by atoms with Crippen LogP contribution < -0.4 is 4.74 Å². The summed E-state index contributed by atoms with van der Waals surface area (Å²) in [6.07, 6.45) is -2.81. The number of rotatable bonds is 4. The van der Waals surface area contributed by atoms with Crippen molar-refractivity contribution in [1.29, 1.82) is 0 Å². The van der Waals surface area contributed by atoms with E-state index in [1.165, 1.54) is 13.2 Å². The maximum atomic E-state index is 12.7. The van der Waals surface area contributed by atoms with Crippen molar-refractivity contribution in [2.75, 3.05) is 13.7 Å². The lowest BCUT2D eigenvalue weighted by molar-refractivity contribution is 0.0516. The van der Waals surface area contributed by atoms with Crippen molar-refractivity contribution >= 4 is 28.6 Å². The minimum Gasteiger partial charge on any atom is -0.495 e. The van der Waals surface area contributed by atoms with E-state index < -0.39 is 18.1 Å². The number of esters is 1. The quantitative estimate of drug-likeness (QED) is 0.614. The molecular formula is C10H10F2INO3. The molecule has 0 aliphatic heterocycles. The average molecular weight is 357 g/mol. The predicted octanol–water partition coefficient (Wildman–Crippen LogP) is 2.81. The zero-order valence-corrected chi connectivity index (χ0v) is 11.3. The number of alkyl halides is 2. The smallest absolute Gasteiger partial charge is 0.358 e. The van der Waals surface area contributed by atoms with Crippen LogP contribution in [-0.2, 0) is 4.74 Å². The maximum absolute atomic E-state index is 12.7. The van der Waals surface area contributed by atoms with Gasteiger partial charge in [0.1, 0.15) is 11.4 Å². The number of carbonyl (C=O) groups excluding carboxylic acids is 1. The van der Waals surface area contributed by atoms with Crippen molar-refractivity contribution in [1.82, 2.24) is 4.98 Å². The number of methoxy groups -OCH3 is 1. The van der Waals surface area contributed by atoms with Gasteiger partial charge in [0, 0.05) is 3.57 Å². The number of nitrogens with zero attached hydrogens (tertiary/aromatic N) is 1. The minimum atomic E-state index is -2.81. The van der Waals surface area contributed by atoms with Crippen LogP contribution >= 0.6 is 22.6 Å². The first-order valence-corrected chi connectivity index (χ1v) is 5.78. The molecule has 0 aromatic carbocycles. The Morgan fingerprint density at radius 3 is 2.71 bits per heavy atom. The first-order chi connectivity index (χ1) is 8.01. The molecule has 1 aromatic heterocycles. The highest BCUT2D eigenvalue weighted by Crippen LogP contribution is 2.29. The van der Waals surface area contributed by atoms with Crippen LogP contribution in [0, 0.1) is 3.57 Å². The fourth-order valence-electron chi connectivity index (χ4n) is 1.15. The molecular weight excluding hydrogens is 347 g/mol. The van der Waals surface area contributed by atoms with E-state index in [0.717, 1.165) is 0 Å². The third-order valence-corrected chi connectivity index (χ3v) is 2.69. The summed E-state index contributed by atoms with van der Waals surface area (Å²) in [5, 5.41) is 0. The van der Waals surface area contributed by atoms with E-state index in [2.05, 4.69) is 4.98 Å². The van der Waals surface area contributed by atoms with E-state index in [9.17, 15) is 13.6 Å². The Labute approximate surface area is 110 Å². The zero-order chi connectivity index (χ0) is 13.0. The van der Waals surface area contributed by atoms with Gasteiger partial charge in [0.25, 0.3) is 6.43 Å². The summed E-state index contributed by atoms with van der Waals surface area (Å²) >= 11 is 1.82.